The lowest BCUT2D eigenvalue weighted by Crippen LogP contribution is -2.35. The number of allylic oxidation sites excluding steroid dienone is 1. The van der Waals surface area contributed by atoms with Crippen molar-refractivity contribution in [2.24, 2.45) is 11.3 Å². The summed E-state index contributed by atoms with van der Waals surface area (Å²) in [6.07, 6.45) is 4.96. The highest BCUT2D eigenvalue weighted by atomic mass is 16.1. The Balaban J connectivity index is 2.51. The van der Waals surface area contributed by atoms with Crippen molar-refractivity contribution in [2.45, 2.75) is 59.3 Å². The Morgan fingerprint density at radius 2 is 2.12 bits per heavy atom. The first-order chi connectivity index (χ1) is 7.85. The van der Waals surface area contributed by atoms with E-state index in [1.807, 2.05) is 6.92 Å². The molecule has 2 heteroatoms. The molecule has 0 spiro atoms. The Morgan fingerprint density at radius 1 is 1.47 bits per heavy atom. The van der Waals surface area contributed by atoms with Gasteiger partial charge in [-0.15, -0.1) is 0 Å². The summed E-state index contributed by atoms with van der Waals surface area (Å²) in [6, 6.07) is 0. The van der Waals surface area contributed by atoms with Crippen molar-refractivity contribution >= 4 is 11.6 Å². The number of carbonyl (C=O) groups is 2. The van der Waals surface area contributed by atoms with Crippen molar-refractivity contribution in [3.63, 3.8) is 0 Å². The highest BCUT2D eigenvalue weighted by Gasteiger charge is 2.38. The largest absolute Gasteiger partial charge is 0.300 e. The van der Waals surface area contributed by atoms with Gasteiger partial charge in [-0.25, -0.2) is 0 Å². The third-order valence-electron chi connectivity index (χ3n) is 4.10. The number of carbonyl (C=O) groups excluding carboxylic acids is 2. The molecule has 0 heterocycles. The fourth-order valence-corrected chi connectivity index (χ4v) is 2.62. The maximum absolute atomic E-state index is 12.2. The van der Waals surface area contributed by atoms with Crippen LogP contribution >= 0.6 is 0 Å². The minimum absolute atomic E-state index is 0.193. The highest BCUT2D eigenvalue weighted by Crippen LogP contribution is 2.41. The standard InChI is InChI=1S/C15H24O2/c1-11(2)13-7-9-15(4,14(17)10-13)8-5-6-12(3)16/h13H,1,5-10H2,2-4H3/t13-,15+/m1/s1. The average molecular weight is 236 g/mol. The molecule has 0 saturated heterocycles. The summed E-state index contributed by atoms with van der Waals surface area (Å²) in [7, 11) is 0. The van der Waals surface area contributed by atoms with Gasteiger partial charge in [0.15, 0.2) is 0 Å². The maximum atomic E-state index is 12.2. The summed E-state index contributed by atoms with van der Waals surface area (Å²) >= 11 is 0. The SMILES string of the molecule is C=C(C)[C@@H]1CC[C@](C)(CCCC(C)=O)C(=O)C1. The second-order valence-electron chi connectivity index (χ2n) is 5.83. The second-order valence-corrected chi connectivity index (χ2v) is 5.83. The molecular weight excluding hydrogens is 212 g/mol. The molecular formula is C15H24O2. The number of ketones is 2. The summed E-state index contributed by atoms with van der Waals surface area (Å²) in [5, 5.41) is 0. The fourth-order valence-electron chi connectivity index (χ4n) is 2.62. The molecule has 0 aromatic rings. The molecule has 1 saturated carbocycles. The van der Waals surface area contributed by atoms with Crippen LogP contribution in [0.3, 0.4) is 0 Å². The first-order valence-electron chi connectivity index (χ1n) is 6.53. The van der Waals surface area contributed by atoms with Gasteiger partial charge in [0, 0.05) is 18.3 Å². The van der Waals surface area contributed by atoms with Gasteiger partial charge in [-0.05, 0) is 45.4 Å². The lowest BCUT2D eigenvalue weighted by atomic mass is 9.67. The van der Waals surface area contributed by atoms with E-state index < -0.39 is 0 Å². The fraction of sp³-hybridized carbons (Fsp3) is 0.733. The van der Waals surface area contributed by atoms with Crippen molar-refractivity contribution in [1.82, 2.24) is 0 Å². The number of hydrogen-bond donors (Lipinski definition) is 0. The molecule has 0 aromatic carbocycles. The first-order valence-corrected chi connectivity index (χ1v) is 6.53. The van der Waals surface area contributed by atoms with E-state index >= 15 is 0 Å². The topological polar surface area (TPSA) is 34.1 Å². The Hall–Kier alpha value is -0.920. The van der Waals surface area contributed by atoms with Gasteiger partial charge >= 0.3 is 0 Å². The van der Waals surface area contributed by atoms with E-state index in [-0.39, 0.29) is 11.2 Å². The van der Waals surface area contributed by atoms with E-state index in [0.717, 1.165) is 31.3 Å². The molecule has 0 unspecified atom stereocenters. The molecule has 0 radical (unpaired) electrons. The highest BCUT2D eigenvalue weighted by molar-refractivity contribution is 5.85. The van der Waals surface area contributed by atoms with E-state index in [1.165, 1.54) is 0 Å². The van der Waals surface area contributed by atoms with Crippen LogP contribution in [-0.2, 0) is 9.59 Å². The van der Waals surface area contributed by atoms with Crippen LogP contribution in [0.5, 0.6) is 0 Å². The van der Waals surface area contributed by atoms with E-state index in [1.54, 1.807) is 6.92 Å². The molecule has 0 aromatic heterocycles. The van der Waals surface area contributed by atoms with Crippen molar-refractivity contribution in [3.8, 4) is 0 Å². The predicted molar refractivity (Wildman–Crippen MR) is 69.8 cm³/mol. The van der Waals surface area contributed by atoms with Crippen LogP contribution in [-0.4, -0.2) is 11.6 Å². The lowest BCUT2D eigenvalue weighted by molar-refractivity contribution is -0.132. The summed E-state index contributed by atoms with van der Waals surface area (Å²) < 4.78 is 0. The predicted octanol–water partition coefficient (Wildman–Crippen LogP) is 3.70. The molecule has 2 atom stereocenters. The average Bonchev–Trinajstić information content (AvgIpc) is 2.21. The zero-order valence-electron chi connectivity index (χ0n) is 11.3. The molecule has 1 fully saturated rings. The molecule has 17 heavy (non-hydrogen) atoms. The quantitative estimate of drug-likeness (QED) is 0.682. The van der Waals surface area contributed by atoms with E-state index in [9.17, 15) is 9.59 Å². The van der Waals surface area contributed by atoms with Crippen molar-refractivity contribution in [2.75, 3.05) is 0 Å². The minimum atomic E-state index is -0.193. The molecule has 1 aliphatic carbocycles. The van der Waals surface area contributed by atoms with Crippen molar-refractivity contribution in [1.29, 1.82) is 0 Å². The molecule has 0 N–H and O–H groups in total. The van der Waals surface area contributed by atoms with Crippen LogP contribution in [0.15, 0.2) is 12.2 Å². The zero-order valence-corrected chi connectivity index (χ0v) is 11.3. The van der Waals surface area contributed by atoms with Crippen molar-refractivity contribution < 1.29 is 9.59 Å². The number of Topliss-reactive ketones (excluding diaryl/α,β-unsaturated/α-hetero) is 2. The molecule has 96 valence electrons. The van der Waals surface area contributed by atoms with E-state index in [4.69, 9.17) is 0 Å². The molecule has 1 aliphatic rings. The lowest BCUT2D eigenvalue weighted by Gasteiger charge is -2.36. The number of rotatable bonds is 5. The normalized spacial score (nSPS) is 29.1. The van der Waals surface area contributed by atoms with Gasteiger partial charge in [-0.1, -0.05) is 19.1 Å². The molecule has 2 nitrogen and oxygen atoms in total. The van der Waals surface area contributed by atoms with Gasteiger partial charge in [0.05, 0.1) is 0 Å². The minimum Gasteiger partial charge on any atom is -0.300 e. The molecule has 0 amide bonds. The molecule has 0 aliphatic heterocycles. The van der Waals surface area contributed by atoms with E-state index in [0.29, 0.717) is 24.5 Å². The second kappa shape index (κ2) is 5.61. The van der Waals surface area contributed by atoms with Crippen molar-refractivity contribution in [3.05, 3.63) is 12.2 Å². The Labute approximate surface area is 104 Å². The van der Waals surface area contributed by atoms with Gasteiger partial charge in [-0.3, -0.25) is 4.79 Å². The third-order valence-corrected chi connectivity index (χ3v) is 4.10. The molecule has 1 rings (SSSR count). The van der Waals surface area contributed by atoms with Gasteiger partial charge in [0.2, 0.25) is 0 Å². The van der Waals surface area contributed by atoms with Gasteiger partial charge in [0.25, 0.3) is 0 Å². The maximum Gasteiger partial charge on any atom is 0.139 e. The third kappa shape index (κ3) is 3.79. The van der Waals surface area contributed by atoms with E-state index in [2.05, 4.69) is 13.5 Å². The molecule has 0 bridgehead atoms. The van der Waals surface area contributed by atoms with Gasteiger partial charge < -0.3 is 4.79 Å². The monoisotopic (exact) mass is 236 g/mol. The Bertz CT molecular complexity index is 326. The summed E-state index contributed by atoms with van der Waals surface area (Å²) in [4.78, 5) is 23.1. The smallest absolute Gasteiger partial charge is 0.139 e. The number of hydrogen-bond acceptors (Lipinski definition) is 2. The van der Waals surface area contributed by atoms with Crippen LogP contribution in [0.2, 0.25) is 0 Å². The van der Waals surface area contributed by atoms with Crippen LogP contribution in [0.4, 0.5) is 0 Å². The van der Waals surface area contributed by atoms with Crippen LogP contribution in [0, 0.1) is 11.3 Å². The summed E-state index contributed by atoms with van der Waals surface area (Å²) in [6.45, 7) is 9.63. The Morgan fingerprint density at radius 3 is 2.59 bits per heavy atom. The van der Waals surface area contributed by atoms with Crippen LogP contribution in [0.1, 0.15) is 59.3 Å². The van der Waals surface area contributed by atoms with Crippen LogP contribution < -0.4 is 0 Å². The zero-order chi connectivity index (χ0) is 13.1. The first kappa shape index (κ1) is 14.1. The van der Waals surface area contributed by atoms with Gasteiger partial charge in [0.1, 0.15) is 11.6 Å². The summed E-state index contributed by atoms with van der Waals surface area (Å²) in [5.74, 6) is 0.959. The summed E-state index contributed by atoms with van der Waals surface area (Å²) in [5.41, 5.74) is 0.936. The Kier molecular flexibility index (Phi) is 4.67. The van der Waals surface area contributed by atoms with Crippen LogP contribution in [0.25, 0.3) is 0 Å². The van der Waals surface area contributed by atoms with Gasteiger partial charge in [-0.2, -0.15) is 0 Å².